The van der Waals surface area contributed by atoms with Gasteiger partial charge >= 0.3 is 6.18 Å². The van der Waals surface area contributed by atoms with E-state index in [1.165, 1.54) is 0 Å². The van der Waals surface area contributed by atoms with Crippen LogP contribution in [0.1, 0.15) is 42.9 Å². The summed E-state index contributed by atoms with van der Waals surface area (Å²) in [7, 11) is -4.07. The molecule has 0 bridgehead atoms. The van der Waals surface area contributed by atoms with Crippen molar-refractivity contribution < 1.29 is 30.8 Å². The van der Waals surface area contributed by atoms with Crippen LogP contribution in [0, 0.1) is 17.1 Å². The summed E-state index contributed by atoms with van der Waals surface area (Å²) in [6.45, 7) is 0. The summed E-state index contributed by atoms with van der Waals surface area (Å²) >= 11 is 5.93. The van der Waals surface area contributed by atoms with Crippen molar-refractivity contribution in [2.45, 2.75) is 54.9 Å². The van der Waals surface area contributed by atoms with Gasteiger partial charge in [0.25, 0.3) is 0 Å². The van der Waals surface area contributed by atoms with E-state index in [1.54, 1.807) is 24.3 Å². The van der Waals surface area contributed by atoms with Gasteiger partial charge in [0.2, 0.25) is 5.91 Å². The van der Waals surface area contributed by atoms with Crippen LogP contribution in [-0.2, 0) is 20.0 Å². The number of alkyl halides is 3. The summed E-state index contributed by atoms with van der Waals surface area (Å²) < 4.78 is 81.9. The number of hydrogen-bond acceptors (Lipinski definition) is 5. The van der Waals surface area contributed by atoms with Gasteiger partial charge in [-0.3, -0.25) is 10.1 Å². The first kappa shape index (κ1) is 27.4. The predicted molar refractivity (Wildman–Crippen MR) is 129 cm³/mol. The van der Waals surface area contributed by atoms with Crippen LogP contribution in [0.5, 0.6) is 0 Å². The number of carbonyl (C=O) groups is 1. The van der Waals surface area contributed by atoms with Gasteiger partial charge in [-0.15, -0.1) is 0 Å². The first-order valence-electron chi connectivity index (χ1n) is 11.5. The molecule has 6 nitrogen and oxygen atoms in total. The van der Waals surface area contributed by atoms with Gasteiger partial charge in [-0.2, -0.15) is 18.4 Å². The van der Waals surface area contributed by atoms with Crippen molar-refractivity contribution in [1.82, 2.24) is 10.6 Å². The number of nitrogens with one attached hydrogen (secondary N) is 2. The van der Waals surface area contributed by atoms with Crippen LogP contribution < -0.4 is 10.6 Å². The van der Waals surface area contributed by atoms with E-state index in [0.29, 0.717) is 30.7 Å². The molecular formula is C25H24ClF4N3O3S. The van der Waals surface area contributed by atoms with Gasteiger partial charge in [-0.1, -0.05) is 35.9 Å². The van der Waals surface area contributed by atoms with Gasteiger partial charge in [-0.05, 0) is 61.1 Å². The molecule has 2 aliphatic rings. The number of benzene rings is 2. The van der Waals surface area contributed by atoms with Crippen LogP contribution in [0.15, 0.2) is 48.5 Å². The van der Waals surface area contributed by atoms with Crippen molar-refractivity contribution in [3.63, 3.8) is 0 Å². The van der Waals surface area contributed by atoms with E-state index in [1.807, 2.05) is 6.07 Å². The molecule has 2 unspecified atom stereocenters. The minimum absolute atomic E-state index is 0.315. The molecule has 1 amide bonds. The largest absolute Gasteiger partial charge is 0.407 e. The molecule has 0 aliphatic heterocycles. The van der Waals surface area contributed by atoms with Crippen LogP contribution >= 0.6 is 11.6 Å². The van der Waals surface area contributed by atoms with E-state index in [2.05, 4.69) is 10.6 Å². The minimum Gasteiger partial charge on any atom is -0.336 e. The third-order valence-corrected chi connectivity index (χ3v) is 8.85. The van der Waals surface area contributed by atoms with Crippen LogP contribution in [-0.4, -0.2) is 43.6 Å². The molecule has 2 fully saturated rings. The van der Waals surface area contributed by atoms with E-state index in [9.17, 15) is 36.0 Å². The first-order valence-corrected chi connectivity index (χ1v) is 13.7. The fourth-order valence-electron chi connectivity index (χ4n) is 4.35. The average molecular weight is 558 g/mol. The summed E-state index contributed by atoms with van der Waals surface area (Å²) in [4.78, 5) is 13.0. The maximum absolute atomic E-state index is 14.0. The molecule has 37 heavy (non-hydrogen) atoms. The van der Waals surface area contributed by atoms with E-state index < -0.39 is 56.5 Å². The van der Waals surface area contributed by atoms with Crippen LogP contribution in [0.25, 0.3) is 0 Å². The Balaban J connectivity index is 1.60. The highest BCUT2D eigenvalue weighted by atomic mass is 35.5. The molecule has 0 aromatic heterocycles. The highest BCUT2D eigenvalue weighted by Crippen LogP contribution is 2.49. The zero-order valence-electron chi connectivity index (χ0n) is 19.5. The molecule has 2 aliphatic carbocycles. The standard InChI is InChI=1S/C25H24ClF4N3O3S/c26-18-5-3-17(4-6-18)23(9-10-23)15-37(35,36)13-20(22(34)33-24(14-31)11-12-24)32-21(25(28,29)30)16-1-7-19(27)8-2-16/h1-8,20-21,32H,9-13,15H2,(H,33,34). The number of amides is 1. The van der Waals surface area contributed by atoms with Crippen molar-refractivity contribution in [3.8, 4) is 6.07 Å². The molecule has 0 radical (unpaired) electrons. The number of sulfone groups is 1. The van der Waals surface area contributed by atoms with Gasteiger partial charge in [-0.25, -0.2) is 12.8 Å². The fourth-order valence-corrected chi connectivity index (χ4v) is 6.65. The molecule has 2 aromatic rings. The lowest BCUT2D eigenvalue weighted by atomic mass is 9.98. The zero-order chi connectivity index (χ0) is 27.1. The first-order chi connectivity index (χ1) is 17.3. The second-order valence-corrected chi connectivity index (χ2v) is 12.3. The Kier molecular flexibility index (Phi) is 7.31. The molecule has 2 aromatic carbocycles. The molecular weight excluding hydrogens is 534 g/mol. The summed E-state index contributed by atoms with van der Waals surface area (Å²) in [5, 5.41) is 14.3. The van der Waals surface area contributed by atoms with Gasteiger partial charge in [0, 0.05) is 10.4 Å². The Labute approximate surface area is 216 Å². The monoisotopic (exact) mass is 557 g/mol. The Morgan fingerprint density at radius 3 is 2.14 bits per heavy atom. The van der Waals surface area contributed by atoms with Crippen molar-refractivity contribution in [1.29, 1.82) is 5.26 Å². The number of nitrogens with zero attached hydrogens (tertiary/aromatic N) is 1. The van der Waals surface area contributed by atoms with Gasteiger partial charge in [0.05, 0.1) is 17.6 Å². The van der Waals surface area contributed by atoms with Gasteiger partial charge in [0.1, 0.15) is 23.4 Å². The fraction of sp³-hybridized carbons (Fsp3) is 0.440. The Morgan fingerprint density at radius 1 is 1.05 bits per heavy atom. The Morgan fingerprint density at radius 2 is 1.65 bits per heavy atom. The molecule has 2 N–H and O–H groups in total. The van der Waals surface area contributed by atoms with E-state index >= 15 is 0 Å². The molecule has 0 saturated heterocycles. The average Bonchev–Trinajstić information content (AvgIpc) is 3.75. The third-order valence-electron chi connectivity index (χ3n) is 6.77. The van der Waals surface area contributed by atoms with E-state index in [4.69, 9.17) is 11.6 Å². The summed E-state index contributed by atoms with van der Waals surface area (Å²) in [5.74, 6) is -3.04. The van der Waals surface area contributed by atoms with Crippen molar-refractivity contribution in [3.05, 3.63) is 70.5 Å². The summed E-state index contributed by atoms with van der Waals surface area (Å²) in [6.07, 6.45) is -3.16. The lowest BCUT2D eigenvalue weighted by Gasteiger charge is -2.28. The zero-order valence-corrected chi connectivity index (χ0v) is 21.1. The second-order valence-electron chi connectivity index (χ2n) is 9.77. The molecule has 2 atom stereocenters. The molecule has 0 heterocycles. The lowest BCUT2D eigenvalue weighted by Crippen LogP contribution is -2.54. The maximum atomic E-state index is 14.0. The lowest BCUT2D eigenvalue weighted by molar-refractivity contribution is -0.160. The van der Waals surface area contributed by atoms with Crippen molar-refractivity contribution in [2.75, 3.05) is 11.5 Å². The smallest absolute Gasteiger partial charge is 0.336 e. The Hall–Kier alpha value is -2.68. The molecule has 198 valence electrons. The SMILES string of the molecule is N#CC1(NC(=O)C(CS(=O)(=O)CC2(c3ccc(Cl)cc3)CC2)NC(c2ccc(F)cc2)C(F)(F)F)CC1. The van der Waals surface area contributed by atoms with Crippen LogP contribution in [0.3, 0.4) is 0 Å². The highest BCUT2D eigenvalue weighted by Gasteiger charge is 2.51. The van der Waals surface area contributed by atoms with Gasteiger partial charge in [0.15, 0.2) is 9.84 Å². The minimum atomic E-state index is -4.92. The third kappa shape index (κ3) is 6.61. The van der Waals surface area contributed by atoms with Crippen LogP contribution in [0.2, 0.25) is 5.02 Å². The van der Waals surface area contributed by atoms with Crippen molar-refractivity contribution >= 4 is 27.3 Å². The summed E-state index contributed by atoms with van der Waals surface area (Å²) in [6, 6.07) is 7.88. The number of hydrogen-bond donors (Lipinski definition) is 2. The quantitative estimate of drug-likeness (QED) is 0.423. The Bertz CT molecular complexity index is 1300. The summed E-state index contributed by atoms with van der Waals surface area (Å²) in [5.41, 5.74) is -1.55. The number of rotatable bonds is 10. The van der Waals surface area contributed by atoms with Crippen molar-refractivity contribution in [2.24, 2.45) is 0 Å². The number of halogens is 5. The molecule has 4 rings (SSSR count). The van der Waals surface area contributed by atoms with Crippen LogP contribution in [0.4, 0.5) is 17.6 Å². The van der Waals surface area contributed by atoms with Gasteiger partial charge < -0.3 is 5.32 Å². The topological polar surface area (TPSA) is 99.1 Å². The van der Waals surface area contributed by atoms with E-state index in [-0.39, 0.29) is 11.3 Å². The predicted octanol–water partition coefficient (Wildman–Crippen LogP) is 4.36. The highest BCUT2D eigenvalue weighted by molar-refractivity contribution is 7.91. The maximum Gasteiger partial charge on any atom is 0.407 e. The molecule has 0 spiro atoms. The number of carbonyl (C=O) groups excluding carboxylic acids is 1. The second kappa shape index (κ2) is 9.89. The van der Waals surface area contributed by atoms with E-state index in [0.717, 1.165) is 29.8 Å². The molecule has 12 heteroatoms. The molecule has 2 saturated carbocycles. The normalized spacial score (nSPS) is 19.4. The number of nitriles is 1.